The minimum Gasteiger partial charge on any atom is -0.358 e. The van der Waals surface area contributed by atoms with Crippen LogP contribution in [0.25, 0.3) is 0 Å². The van der Waals surface area contributed by atoms with Gasteiger partial charge in [-0.1, -0.05) is 6.92 Å². The minimum atomic E-state index is -0.672. The number of aryl methyl sites for hydroxylation is 2. The van der Waals surface area contributed by atoms with E-state index in [-0.39, 0.29) is 11.7 Å². The lowest BCUT2D eigenvalue weighted by atomic mass is 9.96. The first-order valence-electron chi connectivity index (χ1n) is 8.52. The molecule has 9 heteroatoms. The summed E-state index contributed by atoms with van der Waals surface area (Å²) in [4.78, 5) is 24.3. The van der Waals surface area contributed by atoms with Gasteiger partial charge in [-0.2, -0.15) is 9.94 Å². The number of nitro groups is 1. The first-order valence-corrected chi connectivity index (χ1v) is 9.34. The Morgan fingerprint density at radius 1 is 1.54 bits per heavy atom. The maximum absolute atomic E-state index is 12.8. The van der Waals surface area contributed by atoms with Crippen LogP contribution in [0.15, 0.2) is 6.07 Å². The highest BCUT2D eigenvalue weighted by molar-refractivity contribution is 7.16. The fourth-order valence-corrected chi connectivity index (χ4v) is 4.56. The Kier molecular flexibility index (Phi) is 5.04. The average Bonchev–Trinajstić information content (AvgIpc) is 3.16. The molecule has 2 heterocycles. The van der Waals surface area contributed by atoms with E-state index in [1.165, 1.54) is 27.0 Å². The number of amides is 1. The number of nitrogens with one attached hydrogen (secondary N) is 1. The number of rotatable bonds is 5. The quantitative estimate of drug-likeness (QED) is 0.636. The molecule has 8 nitrogen and oxygen atoms in total. The summed E-state index contributed by atoms with van der Waals surface area (Å²) in [6.07, 6.45) is 4.38. The molecule has 136 valence electrons. The molecular weight excluding hydrogens is 354 g/mol. The molecule has 0 bridgehead atoms. The minimum absolute atomic E-state index is 0.280. The molecule has 0 fully saturated rings. The van der Waals surface area contributed by atoms with E-state index in [1.807, 2.05) is 6.92 Å². The molecule has 1 atom stereocenters. The molecule has 0 aromatic carbocycles. The summed E-state index contributed by atoms with van der Waals surface area (Å²) < 4.78 is 1.38. The Morgan fingerprint density at radius 2 is 2.27 bits per heavy atom. The van der Waals surface area contributed by atoms with Crippen molar-refractivity contribution in [3.05, 3.63) is 37.9 Å². The Balaban J connectivity index is 1.88. The van der Waals surface area contributed by atoms with E-state index >= 15 is 0 Å². The van der Waals surface area contributed by atoms with E-state index in [0.29, 0.717) is 22.7 Å². The zero-order chi connectivity index (χ0) is 18.8. The molecule has 2 aromatic rings. The second-order valence-electron chi connectivity index (χ2n) is 6.29. The van der Waals surface area contributed by atoms with Crippen molar-refractivity contribution in [2.45, 2.75) is 52.0 Å². The van der Waals surface area contributed by atoms with Crippen LogP contribution < -0.4 is 5.32 Å². The lowest BCUT2D eigenvalue weighted by Crippen LogP contribution is -2.27. The number of nitrogens with zero attached hydrogens (tertiary/aromatic N) is 4. The van der Waals surface area contributed by atoms with Gasteiger partial charge in [0, 0.05) is 4.88 Å². The normalized spacial score (nSPS) is 14.3. The molecule has 2 aromatic heterocycles. The topological polar surface area (TPSA) is 114 Å². The monoisotopic (exact) mass is 373 g/mol. The number of anilines is 1. The largest absolute Gasteiger partial charge is 0.390 e. The van der Waals surface area contributed by atoms with Gasteiger partial charge in [0.2, 0.25) is 0 Å². The van der Waals surface area contributed by atoms with Gasteiger partial charge >= 0.3 is 5.82 Å². The molecule has 0 aliphatic heterocycles. The van der Waals surface area contributed by atoms with E-state index in [0.717, 1.165) is 31.2 Å². The summed E-state index contributed by atoms with van der Waals surface area (Å²) in [6.45, 7) is 3.50. The molecule has 26 heavy (non-hydrogen) atoms. The number of nitriles is 1. The summed E-state index contributed by atoms with van der Waals surface area (Å²) in [7, 11) is 0. The maximum Gasteiger partial charge on any atom is 0.390 e. The third-order valence-electron chi connectivity index (χ3n) is 4.60. The molecule has 1 aliphatic carbocycles. The maximum atomic E-state index is 12.8. The predicted octanol–water partition coefficient (Wildman–Crippen LogP) is 3.50. The zero-order valence-corrected chi connectivity index (χ0v) is 15.4. The summed E-state index contributed by atoms with van der Waals surface area (Å²) >= 11 is 1.46. The fraction of sp³-hybridized carbons (Fsp3) is 0.471. The van der Waals surface area contributed by atoms with E-state index < -0.39 is 11.0 Å². The summed E-state index contributed by atoms with van der Waals surface area (Å²) in [6, 6.07) is 2.90. The van der Waals surface area contributed by atoms with Crippen LogP contribution in [0.2, 0.25) is 0 Å². The molecule has 1 aliphatic rings. The van der Waals surface area contributed by atoms with Crippen molar-refractivity contribution in [2.24, 2.45) is 0 Å². The van der Waals surface area contributed by atoms with Crippen LogP contribution in [-0.2, 0) is 17.6 Å². The summed E-state index contributed by atoms with van der Waals surface area (Å²) in [5.41, 5.74) is 2.15. The smallest absolute Gasteiger partial charge is 0.358 e. The third kappa shape index (κ3) is 3.20. The summed E-state index contributed by atoms with van der Waals surface area (Å²) in [5, 5.41) is 27.8. The molecule has 0 saturated carbocycles. The van der Waals surface area contributed by atoms with Crippen molar-refractivity contribution < 1.29 is 9.72 Å². The number of aromatic nitrogens is 2. The third-order valence-corrected chi connectivity index (χ3v) is 5.81. The van der Waals surface area contributed by atoms with Crippen LogP contribution >= 0.6 is 11.3 Å². The first-order chi connectivity index (χ1) is 12.5. The highest BCUT2D eigenvalue weighted by atomic mass is 32.1. The van der Waals surface area contributed by atoms with Gasteiger partial charge in [-0.15, -0.1) is 11.3 Å². The van der Waals surface area contributed by atoms with Gasteiger partial charge in [0.05, 0.1) is 22.4 Å². The van der Waals surface area contributed by atoms with Crippen LogP contribution in [0.5, 0.6) is 0 Å². The number of hydrogen-bond donors (Lipinski definition) is 1. The van der Waals surface area contributed by atoms with Gasteiger partial charge in [-0.05, 0) is 49.5 Å². The molecule has 0 saturated heterocycles. The van der Waals surface area contributed by atoms with Crippen molar-refractivity contribution in [1.82, 2.24) is 9.78 Å². The van der Waals surface area contributed by atoms with Gasteiger partial charge in [0.15, 0.2) is 6.04 Å². The number of fused-ring (bicyclic) bond motifs is 1. The zero-order valence-electron chi connectivity index (χ0n) is 14.6. The highest BCUT2D eigenvalue weighted by Gasteiger charge is 2.29. The van der Waals surface area contributed by atoms with E-state index in [1.54, 1.807) is 6.92 Å². The molecule has 1 N–H and O–H groups in total. The molecule has 1 amide bonds. The van der Waals surface area contributed by atoms with Crippen molar-refractivity contribution in [2.75, 3.05) is 5.32 Å². The first kappa shape index (κ1) is 18.1. The number of carbonyl (C=O) groups is 1. The predicted molar refractivity (Wildman–Crippen MR) is 97.3 cm³/mol. The molecule has 3 rings (SSSR count). The molecule has 1 unspecified atom stereocenters. The van der Waals surface area contributed by atoms with E-state index in [2.05, 4.69) is 16.5 Å². The number of hydrogen-bond acceptors (Lipinski definition) is 6. The van der Waals surface area contributed by atoms with Crippen LogP contribution in [0.1, 0.15) is 53.9 Å². The van der Waals surface area contributed by atoms with Crippen LogP contribution in [0.3, 0.4) is 0 Å². The van der Waals surface area contributed by atoms with E-state index in [9.17, 15) is 20.2 Å². The fourth-order valence-electron chi connectivity index (χ4n) is 3.31. The van der Waals surface area contributed by atoms with Gasteiger partial charge in [0.1, 0.15) is 11.1 Å². The Morgan fingerprint density at radius 3 is 2.88 bits per heavy atom. The van der Waals surface area contributed by atoms with Crippen LogP contribution in [0, 0.1) is 28.4 Å². The van der Waals surface area contributed by atoms with Crippen LogP contribution in [0.4, 0.5) is 10.8 Å². The second kappa shape index (κ2) is 7.25. The van der Waals surface area contributed by atoms with Gasteiger partial charge in [-0.25, -0.2) is 0 Å². The summed E-state index contributed by atoms with van der Waals surface area (Å²) in [5.74, 6) is -0.596. The van der Waals surface area contributed by atoms with E-state index in [4.69, 9.17) is 0 Å². The Bertz CT molecular complexity index is 908. The molecule has 0 spiro atoms. The van der Waals surface area contributed by atoms with Crippen LogP contribution in [-0.4, -0.2) is 20.6 Å². The van der Waals surface area contributed by atoms with Crippen molar-refractivity contribution in [3.8, 4) is 6.07 Å². The van der Waals surface area contributed by atoms with Crippen molar-refractivity contribution >= 4 is 28.1 Å². The highest BCUT2D eigenvalue weighted by Crippen LogP contribution is 2.38. The van der Waals surface area contributed by atoms with Gasteiger partial charge in [-0.3, -0.25) is 4.79 Å². The lowest BCUT2D eigenvalue weighted by molar-refractivity contribution is -0.389. The SMILES string of the molecule is CCC(C(=O)Nc1sc2c(c1C#N)CCCC2)n1nc([N+](=O)[O-])cc1C. The van der Waals surface area contributed by atoms with Gasteiger partial charge in [0.25, 0.3) is 5.91 Å². The molecule has 0 radical (unpaired) electrons. The Labute approximate surface area is 154 Å². The second-order valence-corrected chi connectivity index (χ2v) is 7.39. The standard InChI is InChI=1S/C17H19N5O3S/c1-3-13(21-10(2)8-15(20-21)22(24)25)16(23)19-17-12(9-18)11-6-4-5-7-14(11)26-17/h8,13H,3-7H2,1-2H3,(H,19,23). The lowest BCUT2D eigenvalue weighted by Gasteiger charge is -2.13. The molecular formula is C17H19N5O3S. The number of thiophene rings is 1. The average molecular weight is 373 g/mol. The van der Waals surface area contributed by atoms with Crippen molar-refractivity contribution in [3.63, 3.8) is 0 Å². The van der Waals surface area contributed by atoms with Gasteiger partial charge < -0.3 is 15.4 Å². The van der Waals surface area contributed by atoms with Crippen molar-refractivity contribution in [1.29, 1.82) is 5.26 Å². The number of carbonyl (C=O) groups excluding carboxylic acids is 1. The Hall–Kier alpha value is -2.73.